The molecular formula is C15H12O4S. The zero-order chi connectivity index (χ0) is 14.5. The van der Waals surface area contributed by atoms with Gasteiger partial charge in [0, 0.05) is 10.4 Å². The van der Waals surface area contributed by atoms with Gasteiger partial charge in [-0.25, -0.2) is 4.79 Å². The second kappa shape index (κ2) is 6.16. The highest BCUT2D eigenvalue weighted by atomic mass is 32.1. The zero-order valence-corrected chi connectivity index (χ0v) is 11.5. The Morgan fingerprint density at radius 3 is 2.40 bits per heavy atom. The van der Waals surface area contributed by atoms with Crippen LogP contribution in [0.5, 0.6) is 5.75 Å². The lowest BCUT2D eigenvalue weighted by Gasteiger charge is -2.03. The summed E-state index contributed by atoms with van der Waals surface area (Å²) in [6.45, 7) is 0. The van der Waals surface area contributed by atoms with E-state index in [1.807, 2.05) is 5.38 Å². The monoisotopic (exact) mass is 288 g/mol. The fourth-order valence-electron chi connectivity index (χ4n) is 1.64. The molecule has 1 aromatic heterocycles. The van der Waals surface area contributed by atoms with Crippen molar-refractivity contribution in [2.75, 3.05) is 7.11 Å². The molecule has 0 bridgehead atoms. The second-order valence-electron chi connectivity index (χ2n) is 3.94. The summed E-state index contributed by atoms with van der Waals surface area (Å²) in [4.78, 5) is 24.2. The maximum absolute atomic E-state index is 12.2. The van der Waals surface area contributed by atoms with Gasteiger partial charge in [0.15, 0.2) is 5.78 Å². The molecule has 4 nitrogen and oxygen atoms in total. The van der Waals surface area contributed by atoms with E-state index in [2.05, 4.69) is 0 Å². The number of rotatable bonds is 5. The minimum atomic E-state index is -1.24. The van der Waals surface area contributed by atoms with Crippen molar-refractivity contribution in [1.82, 2.24) is 0 Å². The van der Waals surface area contributed by atoms with Crippen molar-refractivity contribution in [3.05, 3.63) is 57.8 Å². The third kappa shape index (κ3) is 3.13. The summed E-state index contributed by atoms with van der Waals surface area (Å²) in [6.07, 6.45) is 1.39. The highest BCUT2D eigenvalue weighted by Crippen LogP contribution is 2.18. The largest absolute Gasteiger partial charge is 0.497 e. The van der Waals surface area contributed by atoms with E-state index < -0.39 is 11.8 Å². The molecule has 102 valence electrons. The van der Waals surface area contributed by atoms with E-state index in [0.29, 0.717) is 11.3 Å². The summed E-state index contributed by atoms with van der Waals surface area (Å²) >= 11 is 1.38. The van der Waals surface area contributed by atoms with Gasteiger partial charge in [0.25, 0.3) is 0 Å². The van der Waals surface area contributed by atoms with Crippen molar-refractivity contribution < 1.29 is 19.4 Å². The quantitative estimate of drug-likeness (QED) is 0.397. The first kappa shape index (κ1) is 14.0. The first-order valence-corrected chi connectivity index (χ1v) is 6.67. The van der Waals surface area contributed by atoms with Crippen LogP contribution in [0.4, 0.5) is 0 Å². The van der Waals surface area contributed by atoms with Crippen LogP contribution in [0.3, 0.4) is 0 Å². The maximum atomic E-state index is 12.2. The molecule has 2 rings (SSSR count). The van der Waals surface area contributed by atoms with Gasteiger partial charge in [-0.15, -0.1) is 11.3 Å². The molecule has 20 heavy (non-hydrogen) atoms. The summed E-state index contributed by atoms with van der Waals surface area (Å²) in [5.74, 6) is -1.14. The van der Waals surface area contributed by atoms with Crippen LogP contribution in [0.1, 0.15) is 15.2 Å². The number of aliphatic carboxylic acids is 1. The number of hydrogen-bond donors (Lipinski definition) is 1. The van der Waals surface area contributed by atoms with Crippen molar-refractivity contribution in [3.8, 4) is 5.75 Å². The SMILES string of the molecule is COc1ccc(C(=O)C(=Cc2cccs2)C(=O)O)cc1. The molecular weight excluding hydrogens is 276 g/mol. The molecule has 1 aromatic carbocycles. The van der Waals surface area contributed by atoms with Gasteiger partial charge in [-0.05, 0) is 41.8 Å². The Morgan fingerprint density at radius 1 is 1.20 bits per heavy atom. The smallest absolute Gasteiger partial charge is 0.339 e. The number of ketones is 1. The van der Waals surface area contributed by atoms with E-state index in [9.17, 15) is 14.7 Å². The number of Topliss-reactive ketones (excluding diaryl/α,β-unsaturated/α-hetero) is 1. The Morgan fingerprint density at radius 2 is 1.90 bits per heavy atom. The van der Waals surface area contributed by atoms with E-state index in [4.69, 9.17) is 4.74 Å². The van der Waals surface area contributed by atoms with Gasteiger partial charge in [-0.1, -0.05) is 6.07 Å². The molecule has 0 unspecified atom stereocenters. The van der Waals surface area contributed by atoms with Crippen LogP contribution in [-0.2, 0) is 4.79 Å². The molecule has 1 heterocycles. The van der Waals surface area contributed by atoms with Crippen molar-refractivity contribution in [1.29, 1.82) is 0 Å². The van der Waals surface area contributed by atoms with Gasteiger partial charge >= 0.3 is 5.97 Å². The predicted octanol–water partition coefficient (Wildman–Crippen LogP) is 3.11. The minimum Gasteiger partial charge on any atom is -0.497 e. The summed E-state index contributed by atoms with van der Waals surface area (Å²) in [6, 6.07) is 9.90. The topological polar surface area (TPSA) is 63.6 Å². The fraction of sp³-hybridized carbons (Fsp3) is 0.0667. The number of hydrogen-bond acceptors (Lipinski definition) is 4. The third-order valence-corrected chi connectivity index (χ3v) is 3.48. The lowest BCUT2D eigenvalue weighted by molar-refractivity contribution is -0.132. The molecule has 0 saturated heterocycles. The second-order valence-corrected chi connectivity index (χ2v) is 4.92. The Balaban J connectivity index is 2.34. The summed E-state index contributed by atoms with van der Waals surface area (Å²) in [7, 11) is 1.52. The number of thiophene rings is 1. The van der Waals surface area contributed by atoms with E-state index in [1.54, 1.807) is 36.4 Å². The van der Waals surface area contributed by atoms with Gasteiger partial charge in [0.05, 0.1) is 7.11 Å². The van der Waals surface area contributed by atoms with Gasteiger partial charge in [-0.2, -0.15) is 0 Å². The van der Waals surface area contributed by atoms with Crippen LogP contribution in [0, 0.1) is 0 Å². The van der Waals surface area contributed by atoms with Crippen molar-refractivity contribution in [3.63, 3.8) is 0 Å². The number of methoxy groups -OCH3 is 1. The summed E-state index contributed by atoms with van der Waals surface area (Å²) in [5, 5.41) is 11.0. The molecule has 0 aliphatic carbocycles. The normalized spacial score (nSPS) is 11.2. The van der Waals surface area contributed by atoms with Crippen molar-refractivity contribution in [2.45, 2.75) is 0 Å². The average Bonchev–Trinajstić information content (AvgIpc) is 2.97. The van der Waals surface area contributed by atoms with Crippen LogP contribution >= 0.6 is 11.3 Å². The molecule has 0 aliphatic heterocycles. The molecule has 0 atom stereocenters. The van der Waals surface area contributed by atoms with E-state index in [1.165, 1.54) is 24.5 Å². The molecule has 0 saturated carbocycles. The van der Waals surface area contributed by atoms with E-state index >= 15 is 0 Å². The van der Waals surface area contributed by atoms with Crippen LogP contribution < -0.4 is 4.74 Å². The predicted molar refractivity (Wildman–Crippen MR) is 77.3 cm³/mol. The molecule has 0 aliphatic rings. The van der Waals surface area contributed by atoms with Gasteiger partial charge in [0.1, 0.15) is 11.3 Å². The highest BCUT2D eigenvalue weighted by molar-refractivity contribution is 7.10. The molecule has 0 spiro atoms. The number of ether oxygens (including phenoxy) is 1. The molecule has 0 amide bonds. The average molecular weight is 288 g/mol. The first-order chi connectivity index (χ1) is 9.61. The highest BCUT2D eigenvalue weighted by Gasteiger charge is 2.19. The summed E-state index contributed by atoms with van der Waals surface area (Å²) < 4.78 is 5.00. The number of carbonyl (C=O) groups is 2. The number of carbonyl (C=O) groups excluding carboxylic acids is 1. The van der Waals surface area contributed by atoms with Crippen LogP contribution in [0.15, 0.2) is 47.4 Å². The van der Waals surface area contributed by atoms with E-state index in [-0.39, 0.29) is 5.57 Å². The lowest BCUT2D eigenvalue weighted by atomic mass is 10.0. The Labute approximate surface area is 119 Å². The number of carboxylic acid groups (broad SMARTS) is 1. The van der Waals surface area contributed by atoms with E-state index in [0.717, 1.165) is 4.88 Å². The van der Waals surface area contributed by atoms with Gasteiger partial charge in [0.2, 0.25) is 0 Å². The Hall–Kier alpha value is -2.40. The minimum absolute atomic E-state index is 0.252. The standard InChI is InChI=1S/C15H12O4S/c1-19-11-6-4-10(5-7-11)14(16)13(15(17)18)9-12-3-2-8-20-12/h2-9H,1H3,(H,17,18). The van der Waals surface area contributed by atoms with Gasteiger partial charge in [-0.3, -0.25) is 4.79 Å². The molecule has 2 aromatic rings. The van der Waals surface area contributed by atoms with Crippen LogP contribution in [0.2, 0.25) is 0 Å². The molecule has 5 heteroatoms. The molecule has 0 radical (unpaired) electrons. The fourth-order valence-corrected chi connectivity index (χ4v) is 2.30. The molecule has 1 N–H and O–H groups in total. The maximum Gasteiger partial charge on any atom is 0.339 e. The third-order valence-electron chi connectivity index (χ3n) is 2.66. The summed E-state index contributed by atoms with van der Waals surface area (Å²) in [5.41, 5.74) is 0.0635. The number of benzene rings is 1. The Kier molecular flexibility index (Phi) is 4.32. The Bertz CT molecular complexity index is 639. The first-order valence-electron chi connectivity index (χ1n) is 5.79. The van der Waals surface area contributed by atoms with Crippen molar-refractivity contribution in [2.24, 2.45) is 0 Å². The van der Waals surface area contributed by atoms with Crippen LogP contribution in [-0.4, -0.2) is 24.0 Å². The van der Waals surface area contributed by atoms with Gasteiger partial charge < -0.3 is 9.84 Å². The zero-order valence-electron chi connectivity index (χ0n) is 10.7. The van der Waals surface area contributed by atoms with Crippen LogP contribution in [0.25, 0.3) is 6.08 Å². The van der Waals surface area contributed by atoms with Crippen molar-refractivity contribution >= 4 is 29.2 Å². The number of carboxylic acids is 1. The lowest BCUT2D eigenvalue weighted by Crippen LogP contribution is -2.12. The molecule has 0 fully saturated rings.